The summed E-state index contributed by atoms with van der Waals surface area (Å²) in [5.74, 6) is -0.105. The number of aromatic nitrogens is 3. The van der Waals surface area contributed by atoms with Crippen LogP contribution in [0.4, 0.5) is 0 Å². The average Bonchev–Trinajstić information content (AvgIpc) is 3.25. The number of nitrogens with zero attached hydrogens (tertiary/aromatic N) is 5. The first-order chi connectivity index (χ1) is 11.4. The maximum atomic E-state index is 12.6. The summed E-state index contributed by atoms with van der Waals surface area (Å²) in [6.45, 7) is 1.21. The Bertz CT molecular complexity index is 815. The van der Waals surface area contributed by atoms with Crippen LogP contribution in [-0.4, -0.2) is 65.7 Å². The van der Waals surface area contributed by atoms with Crippen LogP contribution in [0.5, 0.6) is 0 Å². The maximum Gasteiger partial charge on any atom is 0.253 e. The van der Waals surface area contributed by atoms with Gasteiger partial charge in [0.1, 0.15) is 0 Å². The predicted octanol–water partition coefficient (Wildman–Crippen LogP) is 0.616. The molecule has 1 saturated heterocycles. The molecule has 1 atom stereocenters. The zero-order valence-corrected chi connectivity index (χ0v) is 14.3. The lowest BCUT2D eigenvalue weighted by molar-refractivity contribution is 0.0787. The third-order valence-corrected chi connectivity index (χ3v) is 5.97. The van der Waals surface area contributed by atoms with E-state index >= 15 is 0 Å². The number of carbonyl (C=O) groups excluding carboxylic acids is 1. The summed E-state index contributed by atoms with van der Waals surface area (Å²) >= 11 is 0. The van der Waals surface area contributed by atoms with E-state index in [2.05, 4.69) is 10.3 Å². The third-order valence-electron chi connectivity index (χ3n) is 4.15. The minimum atomic E-state index is -3.49. The Balaban J connectivity index is 1.72. The number of sulfonamides is 1. The number of likely N-dealkylation sites (tertiary alicyclic amines) is 1. The van der Waals surface area contributed by atoms with Crippen LogP contribution in [0, 0.1) is 0 Å². The molecule has 0 radical (unpaired) electrons. The van der Waals surface area contributed by atoms with Crippen LogP contribution < -0.4 is 0 Å². The van der Waals surface area contributed by atoms with E-state index in [9.17, 15) is 13.2 Å². The molecule has 0 unspecified atom stereocenters. The minimum absolute atomic E-state index is 0.105. The molecule has 1 aromatic carbocycles. The zero-order valence-electron chi connectivity index (χ0n) is 13.5. The van der Waals surface area contributed by atoms with E-state index in [0.29, 0.717) is 18.7 Å². The fourth-order valence-electron chi connectivity index (χ4n) is 2.72. The van der Waals surface area contributed by atoms with Crippen molar-refractivity contribution in [1.82, 2.24) is 24.2 Å². The molecule has 8 nitrogen and oxygen atoms in total. The topological polar surface area (TPSA) is 88.4 Å². The molecule has 1 fully saturated rings. The van der Waals surface area contributed by atoms with Crippen LogP contribution in [0.1, 0.15) is 22.8 Å². The lowest BCUT2D eigenvalue weighted by Gasteiger charge is -2.17. The Morgan fingerprint density at radius 1 is 1.25 bits per heavy atom. The molecule has 0 spiro atoms. The van der Waals surface area contributed by atoms with Crippen LogP contribution in [0.2, 0.25) is 0 Å². The molecule has 1 aromatic heterocycles. The van der Waals surface area contributed by atoms with Crippen molar-refractivity contribution in [2.45, 2.75) is 17.4 Å². The van der Waals surface area contributed by atoms with E-state index in [0.717, 1.165) is 10.7 Å². The lowest BCUT2D eigenvalue weighted by Crippen LogP contribution is -2.29. The smallest absolute Gasteiger partial charge is 0.253 e. The van der Waals surface area contributed by atoms with Gasteiger partial charge in [-0.1, -0.05) is 5.21 Å². The summed E-state index contributed by atoms with van der Waals surface area (Å²) in [6.07, 6.45) is 4.23. The molecule has 24 heavy (non-hydrogen) atoms. The summed E-state index contributed by atoms with van der Waals surface area (Å²) in [5, 5.41) is 7.77. The lowest BCUT2D eigenvalue weighted by atomic mass is 10.2. The highest BCUT2D eigenvalue weighted by Gasteiger charge is 2.28. The van der Waals surface area contributed by atoms with Crippen molar-refractivity contribution in [1.29, 1.82) is 0 Å². The van der Waals surface area contributed by atoms with Gasteiger partial charge in [-0.3, -0.25) is 4.79 Å². The molecule has 128 valence electrons. The van der Waals surface area contributed by atoms with E-state index < -0.39 is 10.0 Å². The number of rotatable bonds is 4. The van der Waals surface area contributed by atoms with Gasteiger partial charge in [-0.15, -0.1) is 5.10 Å². The standard InChI is InChI=1S/C15H19N5O3S/c1-18(2)24(22,23)14-5-3-12(4-6-14)15(21)19-9-7-13(11-19)20-10-8-16-17-20/h3-6,8,10,13H,7,9,11H2,1-2H3/t13-/m1/s1. The summed E-state index contributed by atoms with van der Waals surface area (Å²) < 4.78 is 27.0. The number of hydrogen-bond acceptors (Lipinski definition) is 5. The number of carbonyl (C=O) groups is 1. The quantitative estimate of drug-likeness (QED) is 0.807. The number of benzene rings is 1. The van der Waals surface area contributed by atoms with Gasteiger partial charge in [-0.25, -0.2) is 17.4 Å². The Labute approximate surface area is 140 Å². The van der Waals surface area contributed by atoms with Gasteiger partial charge in [0.2, 0.25) is 10.0 Å². The number of hydrogen-bond donors (Lipinski definition) is 0. The van der Waals surface area contributed by atoms with E-state index in [1.807, 2.05) is 0 Å². The summed E-state index contributed by atoms with van der Waals surface area (Å²) in [5.41, 5.74) is 0.479. The highest BCUT2D eigenvalue weighted by Crippen LogP contribution is 2.23. The van der Waals surface area contributed by atoms with Gasteiger partial charge in [-0.2, -0.15) is 0 Å². The Morgan fingerprint density at radius 2 is 1.96 bits per heavy atom. The van der Waals surface area contributed by atoms with Crippen molar-refractivity contribution in [2.75, 3.05) is 27.2 Å². The molecule has 0 aliphatic carbocycles. The van der Waals surface area contributed by atoms with Crippen molar-refractivity contribution in [3.05, 3.63) is 42.2 Å². The molecule has 2 aromatic rings. The molecular weight excluding hydrogens is 330 g/mol. The molecule has 1 aliphatic heterocycles. The monoisotopic (exact) mass is 349 g/mol. The largest absolute Gasteiger partial charge is 0.336 e. The van der Waals surface area contributed by atoms with E-state index in [1.165, 1.54) is 26.2 Å². The van der Waals surface area contributed by atoms with Gasteiger partial charge in [0.05, 0.1) is 17.1 Å². The van der Waals surface area contributed by atoms with E-state index in [-0.39, 0.29) is 16.8 Å². The Hall–Kier alpha value is -2.26. The van der Waals surface area contributed by atoms with Crippen molar-refractivity contribution in [3.63, 3.8) is 0 Å². The van der Waals surface area contributed by atoms with E-state index in [4.69, 9.17) is 0 Å². The minimum Gasteiger partial charge on any atom is -0.336 e. The normalized spacial score (nSPS) is 18.3. The van der Waals surface area contributed by atoms with Gasteiger partial charge in [0.15, 0.2) is 0 Å². The molecular formula is C15H19N5O3S. The van der Waals surface area contributed by atoms with Crippen LogP contribution in [0.3, 0.4) is 0 Å². The van der Waals surface area contributed by atoms with E-state index in [1.54, 1.807) is 34.1 Å². The fourth-order valence-corrected chi connectivity index (χ4v) is 3.62. The molecule has 1 amide bonds. The fraction of sp³-hybridized carbons (Fsp3) is 0.400. The van der Waals surface area contributed by atoms with Crippen LogP contribution in [-0.2, 0) is 10.0 Å². The first kappa shape index (κ1) is 16.6. The first-order valence-electron chi connectivity index (χ1n) is 7.57. The van der Waals surface area contributed by atoms with Crippen LogP contribution in [0.15, 0.2) is 41.6 Å². The van der Waals surface area contributed by atoms with Crippen molar-refractivity contribution >= 4 is 15.9 Å². The summed E-state index contributed by atoms with van der Waals surface area (Å²) in [4.78, 5) is 14.5. The molecule has 0 saturated carbocycles. The summed E-state index contributed by atoms with van der Waals surface area (Å²) in [6, 6.07) is 6.18. The maximum absolute atomic E-state index is 12.6. The van der Waals surface area contributed by atoms with Gasteiger partial charge >= 0.3 is 0 Å². The predicted molar refractivity (Wildman–Crippen MR) is 86.9 cm³/mol. The Morgan fingerprint density at radius 3 is 2.54 bits per heavy atom. The van der Waals surface area contributed by atoms with Crippen LogP contribution in [0.25, 0.3) is 0 Å². The molecule has 0 N–H and O–H groups in total. The van der Waals surface area contributed by atoms with Crippen molar-refractivity contribution < 1.29 is 13.2 Å². The third kappa shape index (κ3) is 3.04. The average molecular weight is 349 g/mol. The second kappa shape index (κ2) is 6.33. The second-order valence-corrected chi connectivity index (χ2v) is 8.04. The molecule has 1 aliphatic rings. The van der Waals surface area contributed by atoms with Gasteiger partial charge < -0.3 is 4.90 Å². The van der Waals surface area contributed by atoms with Crippen molar-refractivity contribution in [3.8, 4) is 0 Å². The van der Waals surface area contributed by atoms with Crippen molar-refractivity contribution in [2.24, 2.45) is 0 Å². The molecule has 9 heteroatoms. The van der Waals surface area contributed by atoms with Crippen LogP contribution >= 0.6 is 0 Å². The number of amides is 1. The first-order valence-corrected chi connectivity index (χ1v) is 9.01. The van der Waals surface area contributed by atoms with Gasteiger partial charge in [0.25, 0.3) is 5.91 Å². The molecule has 0 bridgehead atoms. The summed E-state index contributed by atoms with van der Waals surface area (Å²) in [7, 11) is -0.537. The molecule has 3 rings (SSSR count). The highest BCUT2D eigenvalue weighted by atomic mass is 32.2. The second-order valence-electron chi connectivity index (χ2n) is 5.89. The zero-order chi connectivity index (χ0) is 17.3. The highest BCUT2D eigenvalue weighted by molar-refractivity contribution is 7.89. The Kier molecular flexibility index (Phi) is 4.37. The SMILES string of the molecule is CN(C)S(=O)(=O)c1ccc(C(=O)N2CC[C@@H](n3ccnn3)C2)cc1. The van der Waals surface area contributed by atoms with Gasteiger partial charge in [0, 0.05) is 38.9 Å². The molecule has 2 heterocycles. The van der Waals surface area contributed by atoms with Gasteiger partial charge in [-0.05, 0) is 30.7 Å².